The van der Waals surface area contributed by atoms with E-state index in [1.807, 2.05) is 36.4 Å². The summed E-state index contributed by atoms with van der Waals surface area (Å²) in [6.45, 7) is -2.95. The second-order valence-corrected chi connectivity index (χ2v) is 6.58. The van der Waals surface area contributed by atoms with Crippen LogP contribution in [0.4, 0.5) is 14.5 Å². The van der Waals surface area contributed by atoms with Crippen LogP contribution in [0, 0.1) is 11.3 Å². The van der Waals surface area contributed by atoms with Crippen LogP contribution >= 0.6 is 0 Å². The number of alkyl halides is 2. The number of ether oxygens (including phenoxy) is 1. The third-order valence-electron chi connectivity index (χ3n) is 4.48. The summed E-state index contributed by atoms with van der Waals surface area (Å²) in [4.78, 5) is 12.0. The van der Waals surface area contributed by atoms with Gasteiger partial charge in [-0.15, -0.1) is 0 Å². The van der Waals surface area contributed by atoms with Gasteiger partial charge in [-0.05, 0) is 41.5 Å². The molecule has 0 aliphatic rings. The number of rotatable bonds is 8. The smallest absolute Gasteiger partial charge is 0.387 e. The Morgan fingerprint density at radius 2 is 1.77 bits per heavy atom. The largest absolute Gasteiger partial charge is 0.435 e. The van der Waals surface area contributed by atoms with Gasteiger partial charge < -0.3 is 15.8 Å². The number of nitriles is 1. The summed E-state index contributed by atoms with van der Waals surface area (Å²) in [5.74, 6) is -0.550. The molecule has 5 nitrogen and oxygen atoms in total. The van der Waals surface area contributed by atoms with Crippen molar-refractivity contribution < 1.29 is 18.3 Å². The lowest BCUT2D eigenvalue weighted by atomic mass is 10.0. The standard InChI is InChI=1S/C23H19F2N3O2/c24-23(25)30-20-11-10-19(13-18(20)12-15-4-2-1-3-5-15)28-21(22(27)29)17-8-6-16(14-26)7-9-17/h1-11,13,21,23,28H,12H2,(H2,27,29). The number of anilines is 1. The van der Waals surface area contributed by atoms with Crippen molar-refractivity contribution in [3.63, 3.8) is 0 Å². The minimum Gasteiger partial charge on any atom is -0.435 e. The van der Waals surface area contributed by atoms with Crippen LogP contribution < -0.4 is 15.8 Å². The van der Waals surface area contributed by atoms with E-state index in [-0.39, 0.29) is 5.75 Å². The molecule has 1 unspecified atom stereocenters. The van der Waals surface area contributed by atoms with Crippen LogP contribution in [0.15, 0.2) is 72.8 Å². The van der Waals surface area contributed by atoms with E-state index in [0.29, 0.717) is 28.8 Å². The third-order valence-corrected chi connectivity index (χ3v) is 4.48. The van der Waals surface area contributed by atoms with E-state index in [9.17, 15) is 13.6 Å². The van der Waals surface area contributed by atoms with Gasteiger partial charge in [-0.25, -0.2) is 0 Å². The number of halogens is 2. The lowest BCUT2D eigenvalue weighted by molar-refractivity contribution is -0.118. The van der Waals surface area contributed by atoms with E-state index in [0.717, 1.165) is 5.56 Å². The molecule has 3 aromatic carbocycles. The summed E-state index contributed by atoms with van der Waals surface area (Å²) in [7, 11) is 0. The first-order chi connectivity index (χ1) is 14.5. The van der Waals surface area contributed by atoms with E-state index >= 15 is 0 Å². The average Bonchev–Trinajstić information content (AvgIpc) is 2.74. The lowest BCUT2D eigenvalue weighted by Gasteiger charge is -2.19. The fourth-order valence-corrected chi connectivity index (χ4v) is 3.07. The number of nitrogens with two attached hydrogens (primary N) is 1. The summed E-state index contributed by atoms with van der Waals surface area (Å²) in [6, 6.07) is 21.6. The molecule has 30 heavy (non-hydrogen) atoms. The van der Waals surface area contributed by atoms with Crippen LogP contribution in [-0.4, -0.2) is 12.5 Å². The number of nitrogens with zero attached hydrogens (tertiary/aromatic N) is 1. The van der Waals surface area contributed by atoms with Crippen LogP contribution in [0.25, 0.3) is 0 Å². The van der Waals surface area contributed by atoms with Crippen LogP contribution in [0.1, 0.15) is 28.3 Å². The monoisotopic (exact) mass is 407 g/mol. The van der Waals surface area contributed by atoms with E-state index in [1.54, 1.807) is 36.4 Å². The molecule has 7 heteroatoms. The zero-order valence-electron chi connectivity index (χ0n) is 15.9. The van der Waals surface area contributed by atoms with Crippen LogP contribution in [0.3, 0.4) is 0 Å². The lowest BCUT2D eigenvalue weighted by Crippen LogP contribution is -2.27. The number of hydrogen-bond acceptors (Lipinski definition) is 4. The molecule has 0 fully saturated rings. The maximum absolute atomic E-state index is 12.8. The van der Waals surface area contributed by atoms with E-state index < -0.39 is 18.6 Å². The Morgan fingerprint density at radius 1 is 1.07 bits per heavy atom. The fraction of sp³-hybridized carbons (Fsp3) is 0.130. The molecule has 0 saturated carbocycles. The van der Waals surface area contributed by atoms with Crippen molar-refractivity contribution in [2.75, 3.05) is 5.32 Å². The maximum atomic E-state index is 12.8. The highest BCUT2D eigenvalue weighted by molar-refractivity contribution is 5.84. The van der Waals surface area contributed by atoms with Gasteiger partial charge in [0.2, 0.25) is 5.91 Å². The predicted octanol–water partition coefficient (Wildman–Crippen LogP) is 4.39. The van der Waals surface area contributed by atoms with Gasteiger partial charge >= 0.3 is 6.61 Å². The molecule has 0 bridgehead atoms. The Balaban J connectivity index is 1.90. The number of carbonyl (C=O) groups excluding carboxylic acids is 1. The predicted molar refractivity (Wildman–Crippen MR) is 109 cm³/mol. The first-order valence-corrected chi connectivity index (χ1v) is 9.14. The normalized spacial score (nSPS) is 11.5. The van der Waals surface area contributed by atoms with Gasteiger partial charge in [0.25, 0.3) is 0 Å². The first kappa shape index (κ1) is 20.8. The summed E-state index contributed by atoms with van der Waals surface area (Å²) >= 11 is 0. The minimum absolute atomic E-state index is 0.0633. The Morgan fingerprint density at radius 3 is 2.37 bits per heavy atom. The Labute approximate surface area is 172 Å². The topological polar surface area (TPSA) is 88.1 Å². The number of hydrogen-bond donors (Lipinski definition) is 2. The molecule has 1 atom stereocenters. The van der Waals surface area contributed by atoms with Crippen LogP contribution in [0.2, 0.25) is 0 Å². The SMILES string of the molecule is N#Cc1ccc(C(Nc2ccc(OC(F)F)c(Cc3ccccc3)c2)C(N)=O)cc1. The number of nitrogens with one attached hydrogen (secondary N) is 1. The Hall–Kier alpha value is -3.92. The van der Waals surface area contributed by atoms with Crippen molar-refractivity contribution in [1.82, 2.24) is 0 Å². The minimum atomic E-state index is -2.95. The zero-order chi connectivity index (χ0) is 21.5. The fourth-order valence-electron chi connectivity index (χ4n) is 3.07. The molecule has 0 aliphatic carbocycles. The molecular weight excluding hydrogens is 388 g/mol. The maximum Gasteiger partial charge on any atom is 0.387 e. The Kier molecular flexibility index (Phi) is 6.60. The molecule has 0 aliphatic heterocycles. The van der Waals surface area contributed by atoms with E-state index in [4.69, 9.17) is 11.0 Å². The van der Waals surface area contributed by atoms with Gasteiger partial charge in [0.05, 0.1) is 11.6 Å². The number of primary amides is 1. The van der Waals surface area contributed by atoms with Crippen molar-refractivity contribution >= 4 is 11.6 Å². The van der Waals surface area contributed by atoms with E-state index in [2.05, 4.69) is 10.1 Å². The molecule has 0 radical (unpaired) electrons. The molecule has 0 spiro atoms. The summed E-state index contributed by atoms with van der Waals surface area (Å²) in [5, 5.41) is 12.0. The second-order valence-electron chi connectivity index (χ2n) is 6.58. The van der Waals surface area contributed by atoms with Gasteiger partial charge in [-0.3, -0.25) is 4.79 Å². The summed E-state index contributed by atoms with van der Waals surface area (Å²) in [6.07, 6.45) is 0.372. The van der Waals surface area contributed by atoms with Crippen LogP contribution in [-0.2, 0) is 11.2 Å². The molecule has 3 aromatic rings. The molecule has 3 rings (SSSR count). The van der Waals surface area contributed by atoms with Crippen molar-refractivity contribution in [2.24, 2.45) is 5.73 Å². The van der Waals surface area contributed by atoms with Crippen molar-refractivity contribution in [2.45, 2.75) is 19.1 Å². The average molecular weight is 407 g/mol. The third kappa shape index (κ3) is 5.32. The second kappa shape index (κ2) is 9.52. The van der Waals surface area contributed by atoms with Gasteiger partial charge in [0, 0.05) is 17.7 Å². The molecule has 152 valence electrons. The van der Waals surface area contributed by atoms with Gasteiger partial charge in [0.1, 0.15) is 11.8 Å². The molecule has 0 saturated heterocycles. The van der Waals surface area contributed by atoms with Crippen molar-refractivity contribution in [3.05, 3.63) is 95.1 Å². The number of benzene rings is 3. The highest BCUT2D eigenvalue weighted by Gasteiger charge is 2.19. The van der Waals surface area contributed by atoms with Crippen molar-refractivity contribution in [1.29, 1.82) is 5.26 Å². The van der Waals surface area contributed by atoms with Gasteiger partial charge in [0.15, 0.2) is 0 Å². The first-order valence-electron chi connectivity index (χ1n) is 9.14. The Bertz CT molecular complexity index is 1050. The zero-order valence-corrected chi connectivity index (χ0v) is 15.9. The van der Waals surface area contributed by atoms with Gasteiger partial charge in [-0.1, -0.05) is 42.5 Å². The molecule has 0 heterocycles. The molecule has 3 N–H and O–H groups in total. The molecule has 0 aromatic heterocycles. The summed E-state index contributed by atoms with van der Waals surface area (Å²) < 4.78 is 30.3. The highest BCUT2D eigenvalue weighted by Crippen LogP contribution is 2.29. The summed E-state index contributed by atoms with van der Waals surface area (Å²) in [5.41, 5.74) is 8.58. The van der Waals surface area contributed by atoms with E-state index in [1.165, 1.54) is 6.07 Å². The number of amides is 1. The molecular formula is C23H19F2N3O2. The van der Waals surface area contributed by atoms with Crippen molar-refractivity contribution in [3.8, 4) is 11.8 Å². The number of carbonyl (C=O) groups is 1. The molecule has 1 amide bonds. The highest BCUT2D eigenvalue weighted by atomic mass is 19.3. The van der Waals surface area contributed by atoms with Gasteiger partial charge in [-0.2, -0.15) is 14.0 Å². The quantitative estimate of drug-likeness (QED) is 0.580. The van der Waals surface area contributed by atoms with Crippen LogP contribution in [0.5, 0.6) is 5.75 Å².